The predicted molar refractivity (Wildman–Crippen MR) is 71.2 cm³/mol. The molecule has 4 nitrogen and oxygen atoms in total. The summed E-state index contributed by atoms with van der Waals surface area (Å²) in [6, 6.07) is 10.3. The molecule has 0 spiro atoms. The van der Waals surface area contributed by atoms with Crippen LogP contribution in [-0.2, 0) is 0 Å². The van der Waals surface area contributed by atoms with Gasteiger partial charge in [-0.3, -0.25) is 0 Å². The number of hydrogen-bond donors (Lipinski definition) is 1. The van der Waals surface area contributed by atoms with Crippen LogP contribution in [0.2, 0.25) is 0 Å². The van der Waals surface area contributed by atoms with E-state index >= 15 is 0 Å². The van der Waals surface area contributed by atoms with Crippen LogP contribution in [0.15, 0.2) is 34.9 Å². The maximum Gasteiger partial charge on any atom is 0.222 e. The molecule has 1 aromatic carbocycles. The fourth-order valence-corrected chi connectivity index (χ4v) is 2.56. The van der Waals surface area contributed by atoms with Crippen molar-refractivity contribution in [2.45, 2.75) is 12.3 Å². The van der Waals surface area contributed by atoms with Crippen LogP contribution in [0.25, 0.3) is 11.3 Å². The molecule has 1 aliphatic rings. The summed E-state index contributed by atoms with van der Waals surface area (Å²) in [6.07, 6.45) is 1.24. The first-order chi connectivity index (χ1) is 8.72. The van der Waals surface area contributed by atoms with Gasteiger partial charge in [0.1, 0.15) is 5.69 Å². The van der Waals surface area contributed by atoms with Gasteiger partial charge in [-0.2, -0.15) is 0 Å². The number of nitrogens with two attached hydrogens (primary N) is 1. The lowest BCUT2D eigenvalue weighted by Gasteiger charge is -2.11. The third-order valence-corrected chi connectivity index (χ3v) is 3.60. The Bertz CT molecular complexity index is 532. The number of benzene rings is 1. The number of rotatable bonds is 2. The van der Waals surface area contributed by atoms with Crippen molar-refractivity contribution in [1.82, 2.24) is 10.1 Å². The van der Waals surface area contributed by atoms with Crippen molar-refractivity contribution in [2.24, 2.45) is 0 Å². The van der Waals surface area contributed by atoms with E-state index in [1.807, 2.05) is 0 Å². The lowest BCUT2D eigenvalue weighted by Crippen LogP contribution is -2.13. The summed E-state index contributed by atoms with van der Waals surface area (Å²) in [6.45, 7) is 2.34. The summed E-state index contributed by atoms with van der Waals surface area (Å²) in [5, 5.41) is 3.92. The maximum absolute atomic E-state index is 5.53. The molecular formula is C14H17N3O. The minimum atomic E-state index is 0.353. The molecule has 1 aliphatic heterocycles. The van der Waals surface area contributed by atoms with Crippen LogP contribution < -0.4 is 5.73 Å². The van der Waals surface area contributed by atoms with E-state index in [1.165, 1.54) is 18.5 Å². The topological polar surface area (TPSA) is 55.3 Å². The Morgan fingerprint density at radius 1 is 1.33 bits per heavy atom. The minimum Gasteiger partial charge on any atom is -0.368 e. The molecule has 1 aromatic heterocycles. The average molecular weight is 243 g/mol. The van der Waals surface area contributed by atoms with Crippen molar-refractivity contribution in [3.63, 3.8) is 0 Å². The summed E-state index contributed by atoms with van der Waals surface area (Å²) >= 11 is 0. The molecule has 94 valence electrons. The van der Waals surface area contributed by atoms with E-state index in [1.54, 1.807) is 6.07 Å². The number of nitrogens with zero attached hydrogens (tertiary/aromatic N) is 2. The van der Waals surface area contributed by atoms with Crippen LogP contribution in [0.1, 0.15) is 17.9 Å². The molecule has 3 rings (SSSR count). The minimum absolute atomic E-state index is 0.353. The molecule has 2 heterocycles. The van der Waals surface area contributed by atoms with E-state index in [4.69, 9.17) is 10.3 Å². The first-order valence-electron chi connectivity index (χ1n) is 6.23. The Kier molecular flexibility index (Phi) is 2.80. The quantitative estimate of drug-likeness (QED) is 0.879. The van der Waals surface area contributed by atoms with Crippen molar-refractivity contribution in [2.75, 3.05) is 25.9 Å². The smallest absolute Gasteiger partial charge is 0.222 e. The predicted octanol–water partition coefficient (Wildman–Crippen LogP) is 2.34. The van der Waals surface area contributed by atoms with Gasteiger partial charge in [0.05, 0.1) is 0 Å². The van der Waals surface area contributed by atoms with Crippen molar-refractivity contribution in [3.05, 3.63) is 35.9 Å². The number of aromatic nitrogens is 1. The highest BCUT2D eigenvalue weighted by atomic mass is 16.5. The normalized spacial score (nSPS) is 20.4. The zero-order valence-electron chi connectivity index (χ0n) is 10.5. The Hall–Kier alpha value is -1.81. The zero-order chi connectivity index (χ0) is 12.5. The molecule has 1 unspecified atom stereocenters. The van der Waals surface area contributed by atoms with E-state index in [-0.39, 0.29) is 0 Å². The van der Waals surface area contributed by atoms with Crippen LogP contribution in [0.5, 0.6) is 0 Å². The first-order valence-corrected chi connectivity index (χ1v) is 6.23. The van der Waals surface area contributed by atoms with Gasteiger partial charge >= 0.3 is 0 Å². The SMILES string of the molecule is CN1CCC(c2ccc(-c3cc(N)on3)cc2)C1. The highest BCUT2D eigenvalue weighted by Crippen LogP contribution is 2.28. The van der Waals surface area contributed by atoms with Crippen LogP contribution in [0, 0.1) is 0 Å². The Morgan fingerprint density at radius 3 is 2.67 bits per heavy atom. The number of likely N-dealkylation sites (tertiary alicyclic amines) is 1. The fraction of sp³-hybridized carbons (Fsp3) is 0.357. The highest BCUT2D eigenvalue weighted by Gasteiger charge is 2.20. The van der Waals surface area contributed by atoms with E-state index in [2.05, 4.69) is 41.4 Å². The molecular weight excluding hydrogens is 226 g/mol. The van der Waals surface area contributed by atoms with Gasteiger partial charge in [0.25, 0.3) is 0 Å². The standard InChI is InChI=1S/C14H17N3O/c1-17-7-6-12(9-17)10-2-4-11(5-3-10)13-8-14(15)18-16-13/h2-5,8,12H,6-7,9,15H2,1H3. The monoisotopic (exact) mass is 243 g/mol. The van der Waals surface area contributed by atoms with Crippen molar-refractivity contribution >= 4 is 5.88 Å². The lowest BCUT2D eigenvalue weighted by molar-refractivity contribution is 0.411. The van der Waals surface area contributed by atoms with E-state index < -0.39 is 0 Å². The summed E-state index contributed by atoms with van der Waals surface area (Å²) in [5.74, 6) is 1.01. The molecule has 0 aliphatic carbocycles. The summed E-state index contributed by atoms with van der Waals surface area (Å²) < 4.78 is 4.88. The van der Waals surface area contributed by atoms with Gasteiger partial charge in [-0.15, -0.1) is 0 Å². The Morgan fingerprint density at radius 2 is 2.11 bits per heavy atom. The van der Waals surface area contributed by atoms with Gasteiger partial charge in [-0.05, 0) is 31.5 Å². The van der Waals surface area contributed by atoms with Gasteiger partial charge < -0.3 is 15.2 Å². The molecule has 0 radical (unpaired) electrons. The summed E-state index contributed by atoms with van der Waals surface area (Å²) in [4.78, 5) is 2.37. The van der Waals surface area contributed by atoms with Crippen molar-refractivity contribution in [1.29, 1.82) is 0 Å². The van der Waals surface area contributed by atoms with Crippen LogP contribution in [0.4, 0.5) is 5.88 Å². The summed E-state index contributed by atoms with van der Waals surface area (Å²) in [5.41, 5.74) is 8.77. The maximum atomic E-state index is 5.53. The lowest BCUT2D eigenvalue weighted by atomic mass is 9.97. The van der Waals surface area contributed by atoms with Crippen LogP contribution >= 0.6 is 0 Å². The van der Waals surface area contributed by atoms with Crippen molar-refractivity contribution in [3.8, 4) is 11.3 Å². The second-order valence-corrected chi connectivity index (χ2v) is 4.98. The third-order valence-electron chi connectivity index (χ3n) is 3.60. The van der Waals surface area contributed by atoms with Crippen LogP contribution in [0.3, 0.4) is 0 Å². The highest BCUT2D eigenvalue weighted by molar-refractivity contribution is 5.61. The molecule has 1 atom stereocenters. The van der Waals surface area contributed by atoms with Gasteiger partial charge in [0, 0.05) is 18.2 Å². The van der Waals surface area contributed by atoms with Gasteiger partial charge in [0.15, 0.2) is 0 Å². The molecule has 0 saturated carbocycles. The van der Waals surface area contributed by atoms with E-state index in [9.17, 15) is 0 Å². The molecule has 4 heteroatoms. The fourth-order valence-electron chi connectivity index (χ4n) is 2.56. The zero-order valence-corrected chi connectivity index (χ0v) is 10.5. The van der Waals surface area contributed by atoms with E-state index in [0.717, 1.165) is 17.8 Å². The largest absolute Gasteiger partial charge is 0.368 e. The summed E-state index contributed by atoms with van der Waals surface area (Å²) in [7, 11) is 2.17. The number of nitrogen functional groups attached to an aromatic ring is 1. The second kappa shape index (κ2) is 4.46. The molecule has 2 aromatic rings. The first kappa shape index (κ1) is 11.3. The second-order valence-electron chi connectivity index (χ2n) is 4.98. The third kappa shape index (κ3) is 2.11. The van der Waals surface area contributed by atoms with Gasteiger partial charge in [0.2, 0.25) is 5.88 Å². The van der Waals surface area contributed by atoms with Crippen LogP contribution in [-0.4, -0.2) is 30.2 Å². The number of anilines is 1. The van der Waals surface area contributed by atoms with Crippen molar-refractivity contribution < 1.29 is 4.52 Å². The number of likely N-dealkylation sites (N-methyl/N-ethyl adjacent to an activating group) is 1. The molecule has 0 bridgehead atoms. The number of hydrogen-bond acceptors (Lipinski definition) is 4. The average Bonchev–Trinajstić information content (AvgIpc) is 2.98. The Balaban J connectivity index is 1.81. The van der Waals surface area contributed by atoms with Gasteiger partial charge in [-0.1, -0.05) is 29.4 Å². The molecule has 1 saturated heterocycles. The molecule has 2 N–H and O–H groups in total. The molecule has 18 heavy (non-hydrogen) atoms. The molecule has 0 amide bonds. The Labute approximate surface area is 106 Å². The van der Waals surface area contributed by atoms with Gasteiger partial charge in [-0.25, -0.2) is 0 Å². The van der Waals surface area contributed by atoms with E-state index in [0.29, 0.717) is 11.8 Å². The molecule has 1 fully saturated rings.